The standard InChI is InChI=1S/C20H24F2N2O2S/c1-20(21,22)17(9-25)23-19(26)11-6-14-13-4-3-5-16-18(13)12(10-27-16)7-15(14)24(2)8-11/h3-5,10-11,14-15,17,25H,6-9H2,1-2H3,(H,23,26). The van der Waals surface area contributed by atoms with E-state index in [2.05, 4.69) is 33.8 Å². The predicted octanol–water partition coefficient (Wildman–Crippen LogP) is 2.99. The molecule has 1 aromatic carbocycles. The Kier molecular flexibility index (Phi) is 4.72. The van der Waals surface area contributed by atoms with Gasteiger partial charge in [0, 0.05) is 30.1 Å². The lowest BCUT2D eigenvalue weighted by Crippen LogP contribution is -2.55. The van der Waals surface area contributed by atoms with Crippen LogP contribution in [0.25, 0.3) is 10.1 Å². The first-order chi connectivity index (χ1) is 12.8. The number of nitrogens with one attached hydrogen (secondary N) is 1. The molecule has 2 aliphatic rings. The minimum atomic E-state index is -3.16. The van der Waals surface area contributed by atoms with Crippen molar-refractivity contribution in [2.24, 2.45) is 5.92 Å². The molecule has 0 saturated carbocycles. The van der Waals surface area contributed by atoms with E-state index in [1.807, 2.05) is 7.05 Å². The normalized spacial score (nSPS) is 26.6. The third kappa shape index (κ3) is 3.26. The van der Waals surface area contributed by atoms with Gasteiger partial charge in [0.15, 0.2) is 0 Å². The van der Waals surface area contributed by atoms with Gasteiger partial charge in [0.05, 0.1) is 12.5 Å². The summed E-state index contributed by atoms with van der Waals surface area (Å²) in [4.78, 5) is 14.9. The maximum atomic E-state index is 13.6. The van der Waals surface area contributed by atoms with Crippen molar-refractivity contribution in [2.75, 3.05) is 20.2 Å². The van der Waals surface area contributed by atoms with Crippen molar-refractivity contribution in [2.45, 2.75) is 43.7 Å². The molecular formula is C20H24F2N2O2S. The van der Waals surface area contributed by atoms with Crippen LogP contribution in [-0.4, -0.2) is 54.1 Å². The monoisotopic (exact) mass is 394 g/mol. The number of fused-ring (bicyclic) bond motifs is 2. The molecule has 7 heteroatoms. The minimum Gasteiger partial charge on any atom is -0.394 e. The highest BCUT2D eigenvalue weighted by Crippen LogP contribution is 2.46. The molecule has 0 spiro atoms. The summed E-state index contributed by atoms with van der Waals surface area (Å²) in [6, 6.07) is 5.09. The first kappa shape index (κ1) is 18.8. The summed E-state index contributed by atoms with van der Waals surface area (Å²) in [7, 11) is 2.01. The first-order valence-electron chi connectivity index (χ1n) is 9.28. The van der Waals surface area contributed by atoms with Gasteiger partial charge in [0.25, 0.3) is 5.92 Å². The van der Waals surface area contributed by atoms with Gasteiger partial charge in [-0.15, -0.1) is 11.3 Å². The van der Waals surface area contributed by atoms with Gasteiger partial charge < -0.3 is 15.3 Å². The average molecular weight is 394 g/mol. The van der Waals surface area contributed by atoms with E-state index in [4.69, 9.17) is 0 Å². The second kappa shape index (κ2) is 6.79. The summed E-state index contributed by atoms with van der Waals surface area (Å²) < 4.78 is 28.4. The number of carbonyl (C=O) groups is 1. The Morgan fingerprint density at radius 2 is 2.26 bits per heavy atom. The van der Waals surface area contributed by atoms with Crippen LogP contribution in [0.5, 0.6) is 0 Å². The van der Waals surface area contributed by atoms with Crippen LogP contribution in [0.4, 0.5) is 8.78 Å². The van der Waals surface area contributed by atoms with Crippen LogP contribution in [-0.2, 0) is 11.2 Å². The Labute approximate surface area is 161 Å². The highest BCUT2D eigenvalue weighted by atomic mass is 32.1. The number of halogens is 2. The molecule has 0 radical (unpaired) electrons. The highest BCUT2D eigenvalue weighted by Gasteiger charge is 2.43. The summed E-state index contributed by atoms with van der Waals surface area (Å²) in [6.07, 6.45) is 1.60. The van der Waals surface area contributed by atoms with E-state index in [1.54, 1.807) is 11.3 Å². The fourth-order valence-corrected chi connectivity index (χ4v) is 5.65. The van der Waals surface area contributed by atoms with Crippen LogP contribution in [0.1, 0.15) is 30.4 Å². The highest BCUT2D eigenvalue weighted by molar-refractivity contribution is 7.17. The SMILES string of the molecule is CN1CC(C(=O)NC(CO)C(C)(F)F)CC2c3cccc4scc(c34)CC21. The molecule has 27 heavy (non-hydrogen) atoms. The molecule has 1 aromatic heterocycles. The Morgan fingerprint density at radius 1 is 1.48 bits per heavy atom. The van der Waals surface area contributed by atoms with Gasteiger partial charge in [-0.1, -0.05) is 12.1 Å². The number of rotatable bonds is 4. The zero-order chi connectivity index (χ0) is 19.3. The third-order valence-corrected chi connectivity index (χ3v) is 7.09. The molecule has 1 amide bonds. The number of aliphatic hydroxyl groups excluding tert-OH is 1. The van der Waals surface area contributed by atoms with Crippen molar-refractivity contribution in [3.05, 3.63) is 34.7 Å². The average Bonchev–Trinajstić information content (AvgIpc) is 3.03. The van der Waals surface area contributed by atoms with Crippen LogP contribution >= 0.6 is 11.3 Å². The Morgan fingerprint density at radius 3 is 2.96 bits per heavy atom. The maximum absolute atomic E-state index is 13.6. The van der Waals surface area contributed by atoms with Crippen LogP contribution < -0.4 is 5.32 Å². The smallest absolute Gasteiger partial charge is 0.267 e. The minimum absolute atomic E-state index is 0.208. The van der Waals surface area contributed by atoms with Gasteiger partial charge in [0.1, 0.15) is 6.04 Å². The lowest BCUT2D eigenvalue weighted by molar-refractivity contribution is -0.132. The zero-order valence-electron chi connectivity index (χ0n) is 15.4. The van der Waals surface area contributed by atoms with Gasteiger partial charge in [0.2, 0.25) is 5.91 Å². The molecule has 146 valence electrons. The largest absolute Gasteiger partial charge is 0.394 e. The number of likely N-dealkylation sites (N-methyl/N-ethyl adjacent to an activating group) is 1. The van der Waals surface area contributed by atoms with Crippen LogP contribution in [0, 0.1) is 5.92 Å². The lowest BCUT2D eigenvalue weighted by atomic mass is 9.72. The quantitative estimate of drug-likeness (QED) is 0.838. The summed E-state index contributed by atoms with van der Waals surface area (Å²) in [5, 5.41) is 15.1. The number of carbonyl (C=O) groups excluding carboxylic acids is 1. The fourth-order valence-electron chi connectivity index (χ4n) is 4.64. The third-order valence-electron chi connectivity index (χ3n) is 6.10. The number of benzene rings is 1. The van der Waals surface area contributed by atoms with Crippen LogP contribution in [0.2, 0.25) is 0 Å². The molecule has 0 bridgehead atoms. The Balaban J connectivity index is 1.59. The van der Waals surface area contributed by atoms with Crippen LogP contribution in [0.3, 0.4) is 0 Å². The van der Waals surface area contributed by atoms with Gasteiger partial charge in [-0.3, -0.25) is 4.79 Å². The van der Waals surface area contributed by atoms with E-state index >= 15 is 0 Å². The lowest BCUT2D eigenvalue weighted by Gasteiger charge is -2.45. The van der Waals surface area contributed by atoms with Gasteiger partial charge >= 0.3 is 0 Å². The Hall–Kier alpha value is -1.57. The number of hydrogen-bond acceptors (Lipinski definition) is 4. The van der Waals surface area contributed by atoms with E-state index in [1.165, 1.54) is 21.2 Å². The summed E-state index contributed by atoms with van der Waals surface area (Å²) >= 11 is 1.75. The second-order valence-corrected chi connectivity index (χ2v) is 8.84. The molecule has 1 aliphatic heterocycles. The number of hydrogen-bond donors (Lipinski definition) is 2. The van der Waals surface area contributed by atoms with Crippen molar-refractivity contribution >= 4 is 27.3 Å². The number of piperidine rings is 1. The first-order valence-corrected chi connectivity index (χ1v) is 10.2. The number of amides is 1. The van der Waals surface area contributed by atoms with Gasteiger partial charge in [-0.05, 0) is 47.8 Å². The van der Waals surface area contributed by atoms with E-state index in [0.29, 0.717) is 19.0 Å². The molecule has 2 heterocycles. The molecular weight excluding hydrogens is 370 g/mol. The zero-order valence-corrected chi connectivity index (χ0v) is 16.2. The number of alkyl halides is 2. The van der Waals surface area contributed by atoms with Crippen molar-refractivity contribution in [3.63, 3.8) is 0 Å². The fraction of sp³-hybridized carbons (Fsp3) is 0.550. The van der Waals surface area contributed by atoms with Crippen LogP contribution in [0.15, 0.2) is 23.6 Å². The Bertz CT molecular complexity index is 863. The summed E-state index contributed by atoms with van der Waals surface area (Å²) in [5.41, 5.74) is 2.64. The van der Waals surface area contributed by atoms with Gasteiger partial charge in [-0.2, -0.15) is 0 Å². The maximum Gasteiger partial charge on any atom is 0.267 e. The van der Waals surface area contributed by atoms with Crippen molar-refractivity contribution in [3.8, 4) is 0 Å². The molecule has 4 nitrogen and oxygen atoms in total. The number of aliphatic hydroxyl groups is 1. The summed E-state index contributed by atoms with van der Waals surface area (Å²) in [6.45, 7) is 0.481. The van der Waals surface area contributed by atoms with Crippen molar-refractivity contribution in [1.29, 1.82) is 0 Å². The predicted molar refractivity (Wildman–Crippen MR) is 102 cm³/mol. The van der Waals surface area contributed by atoms with E-state index in [-0.39, 0.29) is 11.8 Å². The van der Waals surface area contributed by atoms with E-state index in [9.17, 15) is 18.7 Å². The molecule has 1 fully saturated rings. The van der Waals surface area contributed by atoms with E-state index in [0.717, 1.165) is 13.3 Å². The topological polar surface area (TPSA) is 52.6 Å². The van der Waals surface area contributed by atoms with E-state index < -0.39 is 24.5 Å². The molecule has 1 aliphatic carbocycles. The second-order valence-electron chi connectivity index (χ2n) is 7.93. The van der Waals surface area contributed by atoms with Crippen molar-refractivity contribution in [1.82, 2.24) is 10.2 Å². The van der Waals surface area contributed by atoms with Crippen molar-refractivity contribution < 1.29 is 18.7 Å². The van der Waals surface area contributed by atoms with Gasteiger partial charge in [-0.25, -0.2) is 8.78 Å². The molecule has 4 atom stereocenters. The molecule has 4 unspecified atom stereocenters. The number of nitrogens with zero attached hydrogens (tertiary/aromatic N) is 1. The summed E-state index contributed by atoms with van der Waals surface area (Å²) in [5.74, 6) is -3.72. The molecule has 4 rings (SSSR count). The number of likely N-dealkylation sites (tertiary alicyclic amines) is 1. The molecule has 2 N–H and O–H groups in total. The number of thiophene rings is 1. The molecule has 1 saturated heterocycles. The molecule has 2 aromatic rings.